The van der Waals surface area contributed by atoms with E-state index in [-0.39, 0.29) is 21.7 Å². The van der Waals surface area contributed by atoms with Gasteiger partial charge in [-0.3, -0.25) is 9.36 Å². The van der Waals surface area contributed by atoms with Crippen LogP contribution in [0.3, 0.4) is 0 Å². The number of nitrogens with zero attached hydrogens (tertiary/aromatic N) is 2. The van der Waals surface area contributed by atoms with Crippen LogP contribution in [0, 0.1) is 0 Å². The molecule has 9 heteroatoms. The number of thiophene rings is 1. The number of hydrogen-bond donors (Lipinski definition) is 1. The highest BCUT2D eigenvalue weighted by Crippen LogP contribution is 2.31. The van der Waals surface area contributed by atoms with Crippen molar-refractivity contribution in [3.8, 4) is 0 Å². The number of esters is 1. The third kappa shape index (κ3) is 2.32. The molecule has 0 atom stereocenters. The minimum atomic E-state index is -0.887. The van der Waals surface area contributed by atoms with Gasteiger partial charge in [-0.2, -0.15) is 0 Å². The molecule has 0 spiro atoms. The number of carbonyl (C=O) groups is 1. The Morgan fingerprint density at radius 3 is 2.77 bits per heavy atom. The van der Waals surface area contributed by atoms with E-state index >= 15 is 0 Å². The average molecular weight is 372 g/mol. The standard InChI is InChI=1S/C17H12N2O6S/c1-24-16(21)11-7-6-9(25-11)8-18-13-10-4-2-3-5-12(10)26-14(13)15(20)19(23)17(18)22/h2-7,23H,8H2,1H3. The number of methoxy groups -OCH3 is 1. The number of rotatable bonds is 3. The number of ether oxygens (including phenoxy) is 1. The Kier molecular flexibility index (Phi) is 3.66. The topological polar surface area (TPSA) is 104 Å². The van der Waals surface area contributed by atoms with Crippen LogP contribution in [0.25, 0.3) is 20.3 Å². The minimum Gasteiger partial charge on any atom is -0.463 e. The van der Waals surface area contributed by atoms with E-state index in [4.69, 9.17) is 4.42 Å². The van der Waals surface area contributed by atoms with Crippen LogP contribution in [0.1, 0.15) is 16.3 Å². The normalized spacial score (nSPS) is 11.3. The van der Waals surface area contributed by atoms with Crippen molar-refractivity contribution in [3.05, 3.63) is 68.8 Å². The largest absolute Gasteiger partial charge is 0.463 e. The van der Waals surface area contributed by atoms with Crippen LogP contribution in [-0.2, 0) is 11.3 Å². The van der Waals surface area contributed by atoms with Crippen molar-refractivity contribution in [3.63, 3.8) is 0 Å². The summed E-state index contributed by atoms with van der Waals surface area (Å²) in [5.41, 5.74) is -1.24. The third-order valence-electron chi connectivity index (χ3n) is 4.00. The quantitative estimate of drug-likeness (QED) is 0.436. The fourth-order valence-electron chi connectivity index (χ4n) is 2.81. The Bertz CT molecular complexity index is 1280. The Balaban J connectivity index is 1.97. The Morgan fingerprint density at radius 2 is 2.00 bits per heavy atom. The second-order valence-electron chi connectivity index (χ2n) is 5.52. The van der Waals surface area contributed by atoms with Gasteiger partial charge in [0, 0.05) is 10.1 Å². The first kappa shape index (κ1) is 16.2. The van der Waals surface area contributed by atoms with Gasteiger partial charge in [-0.05, 0) is 18.2 Å². The van der Waals surface area contributed by atoms with Crippen molar-refractivity contribution >= 4 is 37.6 Å². The summed E-state index contributed by atoms with van der Waals surface area (Å²) in [6.07, 6.45) is 0. The predicted molar refractivity (Wildman–Crippen MR) is 94.2 cm³/mol. The van der Waals surface area contributed by atoms with Crippen molar-refractivity contribution in [1.82, 2.24) is 9.30 Å². The summed E-state index contributed by atoms with van der Waals surface area (Å²) >= 11 is 1.19. The molecule has 3 aromatic heterocycles. The van der Waals surface area contributed by atoms with E-state index in [1.807, 2.05) is 12.1 Å². The summed E-state index contributed by atoms with van der Waals surface area (Å²) in [5.74, 6) is -0.330. The van der Waals surface area contributed by atoms with Gasteiger partial charge in [-0.1, -0.05) is 22.9 Å². The molecule has 0 aliphatic heterocycles. The molecule has 0 unspecified atom stereocenters. The molecule has 0 amide bonds. The van der Waals surface area contributed by atoms with Crippen LogP contribution in [0.5, 0.6) is 0 Å². The van der Waals surface area contributed by atoms with Crippen LogP contribution < -0.4 is 11.2 Å². The van der Waals surface area contributed by atoms with Gasteiger partial charge >= 0.3 is 17.2 Å². The molecule has 1 N–H and O–H groups in total. The number of furan rings is 1. The van der Waals surface area contributed by atoms with Crippen LogP contribution in [0.4, 0.5) is 0 Å². The fraction of sp³-hybridized carbons (Fsp3) is 0.118. The smallest absolute Gasteiger partial charge is 0.373 e. The summed E-state index contributed by atoms with van der Waals surface area (Å²) < 4.78 is 12.4. The number of aromatic nitrogens is 2. The highest BCUT2D eigenvalue weighted by molar-refractivity contribution is 7.25. The highest BCUT2D eigenvalue weighted by atomic mass is 32.1. The van der Waals surface area contributed by atoms with E-state index < -0.39 is 17.2 Å². The van der Waals surface area contributed by atoms with Crippen molar-refractivity contribution in [2.45, 2.75) is 6.54 Å². The first-order valence-corrected chi connectivity index (χ1v) is 8.36. The second kappa shape index (κ2) is 5.88. The molecule has 3 heterocycles. The summed E-state index contributed by atoms with van der Waals surface area (Å²) in [6.45, 7) is -0.0616. The van der Waals surface area contributed by atoms with E-state index in [1.54, 1.807) is 12.1 Å². The summed E-state index contributed by atoms with van der Waals surface area (Å²) in [6, 6.07) is 10.2. The zero-order valence-electron chi connectivity index (χ0n) is 13.5. The molecule has 0 saturated heterocycles. The lowest BCUT2D eigenvalue weighted by Crippen LogP contribution is -2.38. The summed E-state index contributed by atoms with van der Waals surface area (Å²) in [4.78, 5) is 36.3. The molecular formula is C17H12N2O6S. The number of carbonyl (C=O) groups excluding carboxylic acids is 1. The molecule has 0 saturated carbocycles. The van der Waals surface area contributed by atoms with E-state index in [2.05, 4.69) is 4.74 Å². The van der Waals surface area contributed by atoms with Gasteiger partial charge in [0.05, 0.1) is 19.2 Å². The average Bonchev–Trinajstić information content (AvgIpc) is 3.27. The Labute approximate surface area is 149 Å². The highest BCUT2D eigenvalue weighted by Gasteiger charge is 2.19. The van der Waals surface area contributed by atoms with Crippen LogP contribution >= 0.6 is 11.3 Å². The molecule has 0 bridgehead atoms. The van der Waals surface area contributed by atoms with E-state index in [0.29, 0.717) is 11.3 Å². The lowest BCUT2D eigenvalue weighted by Gasteiger charge is -2.07. The Morgan fingerprint density at radius 1 is 1.23 bits per heavy atom. The monoisotopic (exact) mass is 372 g/mol. The predicted octanol–water partition coefficient (Wildman–Crippen LogP) is 2.04. The SMILES string of the molecule is COC(=O)c1ccc(Cn2c(=O)n(O)c(=O)c3sc4ccccc4c32)o1. The van der Waals surface area contributed by atoms with Crippen LogP contribution in [0.2, 0.25) is 0 Å². The van der Waals surface area contributed by atoms with Crippen molar-refractivity contribution in [2.24, 2.45) is 0 Å². The molecule has 132 valence electrons. The number of benzene rings is 1. The molecule has 26 heavy (non-hydrogen) atoms. The van der Waals surface area contributed by atoms with Crippen molar-refractivity contribution in [1.29, 1.82) is 0 Å². The summed E-state index contributed by atoms with van der Waals surface area (Å²) in [5, 5.41) is 10.6. The molecule has 1 aromatic carbocycles. The van der Waals surface area contributed by atoms with Gasteiger partial charge in [-0.15, -0.1) is 11.3 Å². The first-order chi connectivity index (χ1) is 12.5. The lowest BCUT2D eigenvalue weighted by molar-refractivity contribution is 0.0562. The van der Waals surface area contributed by atoms with E-state index in [1.165, 1.54) is 35.1 Å². The van der Waals surface area contributed by atoms with Gasteiger partial charge in [0.25, 0.3) is 0 Å². The summed E-state index contributed by atoms with van der Waals surface area (Å²) in [7, 11) is 1.23. The van der Waals surface area contributed by atoms with Crippen molar-refractivity contribution in [2.75, 3.05) is 7.11 Å². The Hall–Kier alpha value is -3.33. The van der Waals surface area contributed by atoms with Gasteiger partial charge in [0.15, 0.2) is 0 Å². The molecule has 4 aromatic rings. The zero-order valence-corrected chi connectivity index (χ0v) is 14.3. The molecule has 0 radical (unpaired) electrons. The molecule has 0 aliphatic rings. The van der Waals surface area contributed by atoms with Gasteiger partial charge < -0.3 is 14.4 Å². The van der Waals surface area contributed by atoms with Gasteiger partial charge in [0.1, 0.15) is 10.5 Å². The number of fused-ring (bicyclic) bond motifs is 3. The molecular weight excluding hydrogens is 360 g/mol. The fourth-order valence-corrected chi connectivity index (χ4v) is 3.95. The van der Waals surface area contributed by atoms with E-state index in [0.717, 1.165) is 10.1 Å². The maximum absolute atomic E-state index is 12.5. The molecule has 0 fully saturated rings. The molecule has 0 aliphatic carbocycles. The van der Waals surface area contributed by atoms with Gasteiger partial charge in [0.2, 0.25) is 5.76 Å². The minimum absolute atomic E-state index is 0.000658. The molecule has 4 rings (SSSR count). The van der Waals surface area contributed by atoms with Gasteiger partial charge in [-0.25, -0.2) is 9.59 Å². The zero-order chi connectivity index (χ0) is 18.4. The van der Waals surface area contributed by atoms with Crippen molar-refractivity contribution < 1.29 is 19.2 Å². The molecule has 8 nitrogen and oxygen atoms in total. The second-order valence-corrected chi connectivity index (χ2v) is 6.57. The maximum atomic E-state index is 12.5. The number of hydrogen-bond acceptors (Lipinski definition) is 7. The van der Waals surface area contributed by atoms with Crippen LogP contribution in [0.15, 0.2) is 50.4 Å². The third-order valence-corrected chi connectivity index (χ3v) is 5.15. The lowest BCUT2D eigenvalue weighted by atomic mass is 10.2. The van der Waals surface area contributed by atoms with E-state index in [9.17, 15) is 19.6 Å². The maximum Gasteiger partial charge on any atom is 0.373 e. The van der Waals surface area contributed by atoms with Crippen LogP contribution in [-0.4, -0.2) is 27.6 Å². The first-order valence-electron chi connectivity index (χ1n) is 7.54.